The van der Waals surface area contributed by atoms with Crippen molar-refractivity contribution in [3.63, 3.8) is 0 Å². The molecule has 0 saturated heterocycles. The van der Waals surface area contributed by atoms with Crippen LogP contribution in [-0.2, 0) is 25.9 Å². The van der Waals surface area contributed by atoms with Gasteiger partial charge in [-0.05, 0) is 50.8 Å². The highest BCUT2D eigenvalue weighted by molar-refractivity contribution is 7.93. The summed E-state index contributed by atoms with van der Waals surface area (Å²) in [6.45, 7) is 9.42. The Hall–Kier alpha value is -2.75. The number of aryl methyl sites for hydroxylation is 1. The van der Waals surface area contributed by atoms with Crippen LogP contribution in [0.1, 0.15) is 37.6 Å². The van der Waals surface area contributed by atoms with Crippen LogP contribution in [0, 0.1) is 25.6 Å². The molecule has 3 rings (SSSR count). The van der Waals surface area contributed by atoms with Crippen LogP contribution in [0.15, 0.2) is 51.9 Å². The molecule has 1 aromatic heterocycles. The van der Waals surface area contributed by atoms with E-state index in [-0.39, 0.29) is 28.5 Å². The maximum Gasteiger partial charge on any atom is 0.271 e. The normalized spacial score (nSPS) is 12.8. The van der Waals surface area contributed by atoms with Crippen molar-refractivity contribution in [3.8, 4) is 11.1 Å². The fraction of sp³-hybridized carbons (Fsp3) is 0.400. The first-order valence-electron chi connectivity index (χ1n) is 11.1. The Morgan fingerprint density at radius 1 is 1.12 bits per heavy atom. The summed E-state index contributed by atoms with van der Waals surface area (Å²) in [6.07, 6.45) is -0.591. The number of aromatic nitrogens is 1. The second-order valence-corrected chi connectivity index (χ2v) is 10.2. The van der Waals surface area contributed by atoms with Gasteiger partial charge in [0.15, 0.2) is 0 Å². The van der Waals surface area contributed by atoms with Gasteiger partial charge in [-0.2, -0.15) is 4.31 Å². The zero-order valence-corrected chi connectivity index (χ0v) is 21.1. The zero-order chi connectivity index (χ0) is 25.0. The van der Waals surface area contributed by atoms with E-state index in [1.165, 1.54) is 19.2 Å². The highest BCUT2D eigenvalue weighted by atomic mass is 32.2. The van der Waals surface area contributed by atoms with E-state index in [4.69, 9.17) is 14.0 Å². The zero-order valence-electron chi connectivity index (χ0n) is 20.3. The van der Waals surface area contributed by atoms with Gasteiger partial charge in [-0.3, -0.25) is 0 Å². The molecule has 0 bridgehead atoms. The van der Waals surface area contributed by atoms with Gasteiger partial charge in [-0.15, -0.1) is 0 Å². The summed E-state index contributed by atoms with van der Waals surface area (Å²) in [4.78, 5) is -0.110. The smallest absolute Gasteiger partial charge is 0.271 e. The highest BCUT2D eigenvalue weighted by Gasteiger charge is 2.38. The fourth-order valence-electron chi connectivity index (χ4n) is 3.70. The number of halogens is 1. The third kappa shape index (κ3) is 5.16. The molecule has 34 heavy (non-hydrogen) atoms. The Bertz CT molecular complexity index is 1240. The molecule has 1 heterocycles. The molecule has 0 N–H and O–H groups in total. The minimum atomic E-state index is -4.34. The summed E-state index contributed by atoms with van der Waals surface area (Å²) < 4.78 is 60.5. The van der Waals surface area contributed by atoms with Crippen molar-refractivity contribution in [1.29, 1.82) is 0 Å². The summed E-state index contributed by atoms with van der Waals surface area (Å²) >= 11 is 0. The van der Waals surface area contributed by atoms with E-state index in [1.54, 1.807) is 45.0 Å². The van der Waals surface area contributed by atoms with Crippen LogP contribution < -0.4 is 4.31 Å². The van der Waals surface area contributed by atoms with Crippen molar-refractivity contribution in [2.45, 2.75) is 52.3 Å². The molecule has 0 aliphatic carbocycles. The molecule has 3 aromatic rings. The number of hydrogen-bond acceptors (Lipinski definition) is 6. The van der Waals surface area contributed by atoms with Gasteiger partial charge in [-0.25, -0.2) is 12.8 Å². The summed E-state index contributed by atoms with van der Waals surface area (Å²) in [7, 11) is -3.00. The Morgan fingerprint density at radius 3 is 2.38 bits per heavy atom. The molecule has 0 saturated carbocycles. The third-order valence-corrected chi connectivity index (χ3v) is 7.19. The van der Waals surface area contributed by atoms with Crippen LogP contribution in [0.25, 0.3) is 11.1 Å². The first-order valence-corrected chi connectivity index (χ1v) is 12.5. The van der Waals surface area contributed by atoms with Crippen LogP contribution in [0.5, 0.6) is 0 Å². The predicted molar refractivity (Wildman–Crippen MR) is 128 cm³/mol. The van der Waals surface area contributed by atoms with Crippen LogP contribution in [-0.4, -0.2) is 33.7 Å². The van der Waals surface area contributed by atoms with Crippen molar-refractivity contribution in [2.24, 2.45) is 5.92 Å². The summed E-state index contributed by atoms with van der Waals surface area (Å²) in [5, 5.41) is 3.90. The van der Waals surface area contributed by atoms with E-state index >= 15 is 4.39 Å². The van der Waals surface area contributed by atoms with Gasteiger partial charge in [0.05, 0.1) is 10.6 Å². The molecular weight excluding hydrogens is 459 g/mol. The van der Waals surface area contributed by atoms with Crippen molar-refractivity contribution in [1.82, 2.24) is 5.16 Å². The van der Waals surface area contributed by atoms with Gasteiger partial charge >= 0.3 is 0 Å². The van der Waals surface area contributed by atoms with E-state index in [1.807, 2.05) is 6.07 Å². The van der Waals surface area contributed by atoms with Crippen molar-refractivity contribution in [3.05, 3.63) is 65.1 Å². The standard InChI is InChI=1S/C25H31FN2O5S/c1-7-32-25(31-6)28(24-17(4)18(5)27-33-24)34(29,30)23-11-9-8-10-21(23)20-13-12-19(14-16(2)3)15-22(20)26/h8-13,15-16,25H,7,14H2,1-6H3. The number of nitrogens with zero attached hydrogens (tertiary/aromatic N) is 2. The van der Waals surface area contributed by atoms with E-state index < -0.39 is 22.3 Å². The van der Waals surface area contributed by atoms with E-state index in [2.05, 4.69) is 19.0 Å². The lowest BCUT2D eigenvalue weighted by Gasteiger charge is -2.29. The second kappa shape index (κ2) is 10.7. The Labute approximate surface area is 200 Å². The van der Waals surface area contributed by atoms with Gasteiger partial charge in [0.25, 0.3) is 16.4 Å². The number of ether oxygens (including phenoxy) is 2. The average Bonchev–Trinajstić information content (AvgIpc) is 3.11. The van der Waals surface area contributed by atoms with E-state index in [0.717, 1.165) is 16.3 Å². The Morgan fingerprint density at radius 2 is 1.82 bits per heavy atom. The van der Waals surface area contributed by atoms with E-state index in [0.29, 0.717) is 17.2 Å². The molecule has 1 atom stereocenters. The highest BCUT2D eigenvalue weighted by Crippen LogP contribution is 2.36. The lowest BCUT2D eigenvalue weighted by Crippen LogP contribution is -2.43. The second-order valence-electron chi connectivity index (χ2n) is 8.41. The molecule has 0 aliphatic rings. The predicted octanol–water partition coefficient (Wildman–Crippen LogP) is 5.46. The lowest BCUT2D eigenvalue weighted by atomic mass is 9.98. The topological polar surface area (TPSA) is 81.9 Å². The van der Waals surface area contributed by atoms with Gasteiger partial charge < -0.3 is 14.0 Å². The number of methoxy groups -OCH3 is 1. The lowest BCUT2D eigenvalue weighted by molar-refractivity contribution is -0.112. The molecule has 184 valence electrons. The fourth-order valence-corrected chi connectivity index (χ4v) is 5.38. The third-order valence-electron chi connectivity index (χ3n) is 5.43. The molecule has 0 amide bonds. The molecule has 2 aromatic carbocycles. The monoisotopic (exact) mass is 490 g/mol. The quantitative estimate of drug-likeness (QED) is 0.351. The number of hydrogen-bond donors (Lipinski definition) is 0. The van der Waals surface area contributed by atoms with Crippen LogP contribution in [0.4, 0.5) is 10.3 Å². The molecule has 0 fully saturated rings. The first kappa shape index (κ1) is 25.9. The number of rotatable bonds is 10. The largest absolute Gasteiger partial charge is 0.338 e. The van der Waals surface area contributed by atoms with Crippen LogP contribution in [0.3, 0.4) is 0 Å². The summed E-state index contributed by atoms with van der Waals surface area (Å²) in [5.41, 5.74) is 2.30. The van der Waals surface area contributed by atoms with Gasteiger partial charge in [-0.1, -0.05) is 49.3 Å². The summed E-state index contributed by atoms with van der Waals surface area (Å²) in [6, 6.07) is 11.1. The van der Waals surface area contributed by atoms with Crippen molar-refractivity contribution >= 4 is 15.9 Å². The van der Waals surface area contributed by atoms with Gasteiger partial charge in [0.1, 0.15) is 5.82 Å². The minimum Gasteiger partial charge on any atom is -0.338 e. The SMILES string of the molecule is CCOC(OC)N(c1onc(C)c1C)S(=O)(=O)c1ccccc1-c1ccc(CC(C)C)cc1F. The Balaban J connectivity index is 2.19. The number of anilines is 1. The maximum atomic E-state index is 15.2. The molecule has 9 heteroatoms. The van der Waals surface area contributed by atoms with Crippen LogP contribution in [0.2, 0.25) is 0 Å². The number of sulfonamides is 1. The van der Waals surface area contributed by atoms with E-state index in [9.17, 15) is 8.42 Å². The van der Waals surface area contributed by atoms with Crippen molar-refractivity contribution < 1.29 is 26.8 Å². The molecule has 0 radical (unpaired) electrons. The van der Waals surface area contributed by atoms with Crippen molar-refractivity contribution in [2.75, 3.05) is 18.0 Å². The molecule has 0 spiro atoms. The van der Waals surface area contributed by atoms with Gasteiger partial charge in [0, 0.05) is 30.4 Å². The maximum absolute atomic E-state index is 15.2. The average molecular weight is 491 g/mol. The molecule has 1 unspecified atom stereocenters. The molecular formula is C25H31FN2O5S. The first-order chi connectivity index (χ1) is 16.1. The Kier molecular flexibility index (Phi) is 8.12. The van der Waals surface area contributed by atoms with Gasteiger partial charge in [0.2, 0.25) is 5.88 Å². The number of benzene rings is 2. The molecule has 7 nitrogen and oxygen atoms in total. The molecule has 0 aliphatic heterocycles. The summed E-state index contributed by atoms with van der Waals surface area (Å²) in [5.74, 6) is -0.155. The van der Waals surface area contributed by atoms with Crippen LogP contribution >= 0.6 is 0 Å². The minimum absolute atomic E-state index is 0.0274.